The SMILES string of the molecule is NC(=O)C1CC[NH+](CC(=O)N2CCC(c3ccccc3)=N2)CC1. The minimum atomic E-state index is -0.216. The molecule has 0 aromatic heterocycles. The third-order valence-corrected chi connectivity index (χ3v) is 4.69. The highest BCUT2D eigenvalue weighted by molar-refractivity contribution is 6.02. The first-order valence-electron chi connectivity index (χ1n) is 8.19. The van der Waals surface area contributed by atoms with E-state index < -0.39 is 0 Å². The number of hydrogen-bond donors (Lipinski definition) is 2. The Balaban J connectivity index is 1.54. The molecule has 0 saturated carbocycles. The number of rotatable bonds is 4. The smallest absolute Gasteiger partial charge is 0.297 e. The summed E-state index contributed by atoms with van der Waals surface area (Å²) >= 11 is 0. The summed E-state index contributed by atoms with van der Waals surface area (Å²) in [6, 6.07) is 9.98. The van der Waals surface area contributed by atoms with Gasteiger partial charge in [0.15, 0.2) is 6.54 Å². The summed E-state index contributed by atoms with van der Waals surface area (Å²) in [5.74, 6) is -0.182. The second kappa shape index (κ2) is 6.91. The van der Waals surface area contributed by atoms with E-state index in [9.17, 15) is 9.59 Å². The molecule has 0 radical (unpaired) electrons. The Hall–Kier alpha value is -2.21. The number of amides is 2. The number of nitrogens with two attached hydrogens (primary N) is 1. The van der Waals surface area contributed by atoms with Crippen LogP contribution in [0.3, 0.4) is 0 Å². The lowest BCUT2D eigenvalue weighted by Crippen LogP contribution is -3.14. The van der Waals surface area contributed by atoms with E-state index in [1.54, 1.807) is 5.01 Å². The van der Waals surface area contributed by atoms with Gasteiger partial charge in [0.25, 0.3) is 5.91 Å². The molecule has 0 aliphatic carbocycles. The second-order valence-electron chi connectivity index (χ2n) is 6.28. The van der Waals surface area contributed by atoms with Gasteiger partial charge in [-0.3, -0.25) is 9.59 Å². The molecule has 122 valence electrons. The van der Waals surface area contributed by atoms with E-state index in [0.717, 1.165) is 43.6 Å². The maximum absolute atomic E-state index is 12.4. The van der Waals surface area contributed by atoms with Gasteiger partial charge in [0.2, 0.25) is 5.91 Å². The predicted molar refractivity (Wildman–Crippen MR) is 86.8 cm³/mol. The fourth-order valence-corrected chi connectivity index (χ4v) is 3.26. The van der Waals surface area contributed by atoms with Gasteiger partial charge in [-0.05, 0) is 5.56 Å². The number of hydrazone groups is 1. The van der Waals surface area contributed by atoms with Crippen molar-refractivity contribution in [2.24, 2.45) is 16.8 Å². The monoisotopic (exact) mass is 315 g/mol. The Morgan fingerprint density at radius 1 is 1.22 bits per heavy atom. The Kier molecular flexibility index (Phi) is 4.71. The van der Waals surface area contributed by atoms with E-state index in [2.05, 4.69) is 5.10 Å². The number of nitrogens with zero attached hydrogens (tertiary/aromatic N) is 2. The summed E-state index contributed by atoms with van der Waals surface area (Å²) in [7, 11) is 0. The number of nitrogens with one attached hydrogen (secondary N) is 1. The molecular weight excluding hydrogens is 292 g/mol. The quantitative estimate of drug-likeness (QED) is 0.778. The zero-order valence-corrected chi connectivity index (χ0v) is 13.2. The standard InChI is InChI=1S/C17H22N4O2/c18-17(23)14-6-9-20(10-7-14)12-16(22)21-11-8-15(19-21)13-4-2-1-3-5-13/h1-5,14H,6-12H2,(H2,18,23)/p+1. The average Bonchev–Trinajstić information content (AvgIpc) is 3.06. The number of carbonyl (C=O) groups excluding carboxylic acids is 2. The molecule has 1 saturated heterocycles. The summed E-state index contributed by atoms with van der Waals surface area (Å²) in [4.78, 5) is 24.8. The number of benzene rings is 1. The lowest BCUT2D eigenvalue weighted by molar-refractivity contribution is -0.898. The van der Waals surface area contributed by atoms with E-state index in [4.69, 9.17) is 5.73 Å². The minimum Gasteiger partial charge on any atom is -0.369 e. The normalized spacial score (nSPS) is 24.3. The van der Waals surface area contributed by atoms with Crippen LogP contribution in [0.1, 0.15) is 24.8 Å². The van der Waals surface area contributed by atoms with Gasteiger partial charge in [-0.2, -0.15) is 5.10 Å². The lowest BCUT2D eigenvalue weighted by Gasteiger charge is -2.27. The summed E-state index contributed by atoms with van der Waals surface area (Å²) in [5.41, 5.74) is 7.40. The van der Waals surface area contributed by atoms with E-state index in [1.165, 1.54) is 4.90 Å². The summed E-state index contributed by atoms with van der Waals surface area (Å²) in [5, 5.41) is 6.07. The van der Waals surface area contributed by atoms with Crippen molar-refractivity contribution in [3.8, 4) is 0 Å². The molecule has 2 aliphatic heterocycles. The van der Waals surface area contributed by atoms with Crippen molar-refractivity contribution in [1.29, 1.82) is 0 Å². The van der Waals surface area contributed by atoms with Gasteiger partial charge in [0.1, 0.15) is 0 Å². The molecule has 1 fully saturated rings. The maximum Gasteiger partial charge on any atom is 0.297 e. The first kappa shape index (κ1) is 15.7. The van der Waals surface area contributed by atoms with Crippen LogP contribution in [-0.4, -0.2) is 48.7 Å². The number of primary amides is 1. The van der Waals surface area contributed by atoms with Crippen LogP contribution in [0.15, 0.2) is 35.4 Å². The van der Waals surface area contributed by atoms with Crippen molar-refractivity contribution in [3.05, 3.63) is 35.9 Å². The van der Waals surface area contributed by atoms with Crippen LogP contribution in [0.4, 0.5) is 0 Å². The van der Waals surface area contributed by atoms with Crippen molar-refractivity contribution in [1.82, 2.24) is 5.01 Å². The topological polar surface area (TPSA) is 80.2 Å². The molecule has 6 nitrogen and oxygen atoms in total. The molecule has 2 heterocycles. The fraction of sp³-hybridized carbons (Fsp3) is 0.471. The van der Waals surface area contributed by atoms with Crippen LogP contribution < -0.4 is 10.6 Å². The summed E-state index contributed by atoms with van der Waals surface area (Å²) in [6.45, 7) is 2.74. The van der Waals surface area contributed by atoms with Gasteiger partial charge in [0, 0.05) is 25.2 Å². The van der Waals surface area contributed by atoms with Gasteiger partial charge in [-0.1, -0.05) is 30.3 Å². The third kappa shape index (κ3) is 3.76. The molecule has 2 aliphatic rings. The molecule has 1 aromatic carbocycles. The van der Waals surface area contributed by atoms with Gasteiger partial charge >= 0.3 is 0 Å². The van der Waals surface area contributed by atoms with Crippen LogP contribution in [0.5, 0.6) is 0 Å². The fourth-order valence-electron chi connectivity index (χ4n) is 3.26. The molecule has 0 spiro atoms. The van der Waals surface area contributed by atoms with E-state index in [1.807, 2.05) is 30.3 Å². The first-order valence-corrected chi connectivity index (χ1v) is 8.19. The second-order valence-corrected chi connectivity index (χ2v) is 6.28. The molecule has 3 rings (SSSR count). The van der Waals surface area contributed by atoms with Crippen LogP contribution >= 0.6 is 0 Å². The molecule has 23 heavy (non-hydrogen) atoms. The zero-order valence-electron chi connectivity index (χ0n) is 13.2. The van der Waals surface area contributed by atoms with Crippen LogP contribution in [0.2, 0.25) is 0 Å². The average molecular weight is 315 g/mol. The van der Waals surface area contributed by atoms with Crippen molar-refractivity contribution in [2.75, 3.05) is 26.2 Å². The number of carbonyl (C=O) groups is 2. The Labute approximate surface area is 135 Å². The van der Waals surface area contributed by atoms with Gasteiger partial charge in [-0.25, -0.2) is 5.01 Å². The number of hydrogen-bond acceptors (Lipinski definition) is 3. The van der Waals surface area contributed by atoms with Crippen molar-refractivity contribution >= 4 is 17.5 Å². The predicted octanol–water partition coefficient (Wildman–Crippen LogP) is -0.597. The molecular formula is C17H23N4O2+. The molecule has 6 heteroatoms. The summed E-state index contributed by atoms with van der Waals surface area (Å²) < 4.78 is 0. The molecule has 0 bridgehead atoms. The molecule has 2 amide bonds. The molecule has 0 unspecified atom stereocenters. The largest absolute Gasteiger partial charge is 0.369 e. The summed E-state index contributed by atoms with van der Waals surface area (Å²) in [6.07, 6.45) is 2.35. The van der Waals surface area contributed by atoms with Crippen molar-refractivity contribution < 1.29 is 14.5 Å². The molecule has 0 atom stereocenters. The zero-order chi connectivity index (χ0) is 16.2. The molecule has 3 N–H and O–H groups in total. The van der Waals surface area contributed by atoms with Gasteiger partial charge in [0.05, 0.1) is 25.3 Å². The van der Waals surface area contributed by atoms with Crippen LogP contribution in [0.25, 0.3) is 0 Å². The van der Waals surface area contributed by atoms with Gasteiger partial charge < -0.3 is 10.6 Å². The first-order chi connectivity index (χ1) is 11.1. The van der Waals surface area contributed by atoms with Crippen molar-refractivity contribution in [2.45, 2.75) is 19.3 Å². The van der Waals surface area contributed by atoms with E-state index >= 15 is 0 Å². The Bertz CT molecular complexity index is 606. The minimum absolute atomic E-state index is 0.0247. The van der Waals surface area contributed by atoms with Crippen LogP contribution in [-0.2, 0) is 9.59 Å². The third-order valence-electron chi connectivity index (χ3n) is 4.69. The number of piperidine rings is 1. The van der Waals surface area contributed by atoms with Crippen molar-refractivity contribution in [3.63, 3.8) is 0 Å². The number of likely N-dealkylation sites (tertiary alicyclic amines) is 1. The maximum atomic E-state index is 12.4. The highest BCUT2D eigenvalue weighted by Gasteiger charge is 2.29. The number of quaternary nitrogens is 1. The van der Waals surface area contributed by atoms with E-state index in [-0.39, 0.29) is 17.7 Å². The highest BCUT2D eigenvalue weighted by Crippen LogP contribution is 2.13. The van der Waals surface area contributed by atoms with Gasteiger partial charge in [-0.15, -0.1) is 0 Å². The lowest BCUT2D eigenvalue weighted by atomic mass is 9.96. The molecule has 1 aromatic rings. The van der Waals surface area contributed by atoms with E-state index in [0.29, 0.717) is 13.1 Å². The Morgan fingerprint density at radius 3 is 2.57 bits per heavy atom. The highest BCUT2D eigenvalue weighted by atomic mass is 16.2. The van der Waals surface area contributed by atoms with Crippen LogP contribution in [0, 0.1) is 5.92 Å². The Morgan fingerprint density at radius 2 is 1.91 bits per heavy atom.